The maximum atomic E-state index is 13.6. The van der Waals surface area contributed by atoms with Gasteiger partial charge in [-0.3, -0.25) is 24.0 Å². The van der Waals surface area contributed by atoms with Crippen LogP contribution < -0.4 is 21.3 Å². The number of ether oxygens (including phenoxy) is 1. The van der Waals surface area contributed by atoms with E-state index < -0.39 is 54.1 Å². The first-order valence-electron chi connectivity index (χ1n) is 20.9. The Morgan fingerprint density at radius 1 is 0.839 bits per heavy atom. The van der Waals surface area contributed by atoms with Gasteiger partial charge in [0.2, 0.25) is 23.5 Å². The molecule has 1 saturated heterocycles. The number of hydrogen-bond donors (Lipinski definition) is 4. The SMILES string of the molecule is CC.CC/C=C\C=C/C(C)C(CC)NC(=O)CNC(=O)C(=O)CNC(=O)C1[C@@H](C(C)C)CCN1C(=O)C(NC(=O)OC(C)C)C(C)C.CC1CCC1.CN(C)C. The van der Waals surface area contributed by atoms with Crippen molar-refractivity contribution < 1.29 is 33.5 Å². The third-order valence-corrected chi connectivity index (χ3v) is 9.20. The van der Waals surface area contributed by atoms with Crippen LogP contribution in [0.25, 0.3) is 0 Å². The zero-order valence-electron chi connectivity index (χ0n) is 37.6. The molecule has 1 saturated carbocycles. The first-order chi connectivity index (χ1) is 26.3. The first kappa shape index (κ1) is 54.4. The maximum Gasteiger partial charge on any atom is 0.408 e. The molecule has 2 rings (SSSR count). The number of allylic oxidation sites excluding steroid dienone is 3. The van der Waals surface area contributed by atoms with Crippen molar-refractivity contribution in [3.05, 3.63) is 24.3 Å². The molecule has 5 atom stereocenters. The van der Waals surface area contributed by atoms with Crippen molar-refractivity contribution in [2.75, 3.05) is 40.8 Å². The van der Waals surface area contributed by atoms with Gasteiger partial charge in [0.05, 0.1) is 19.2 Å². The third-order valence-electron chi connectivity index (χ3n) is 9.20. The number of Topliss-reactive ketones (excluding diaryl/α,β-unsaturated/α-hetero) is 1. The van der Waals surface area contributed by atoms with Crippen LogP contribution in [-0.4, -0.2) is 110 Å². The average molecular weight is 793 g/mol. The summed E-state index contributed by atoms with van der Waals surface area (Å²) in [6, 6.07) is -1.95. The highest BCUT2D eigenvalue weighted by Gasteiger charge is 2.45. The van der Waals surface area contributed by atoms with Crippen molar-refractivity contribution in [2.24, 2.45) is 29.6 Å². The van der Waals surface area contributed by atoms with E-state index in [9.17, 15) is 28.8 Å². The Hall–Kier alpha value is -3.74. The van der Waals surface area contributed by atoms with Gasteiger partial charge in [-0.25, -0.2) is 4.79 Å². The summed E-state index contributed by atoms with van der Waals surface area (Å²) >= 11 is 0. The number of alkyl carbamates (subject to hydrolysis) is 1. The zero-order chi connectivity index (χ0) is 43.5. The molecule has 0 spiro atoms. The minimum atomic E-state index is -0.997. The van der Waals surface area contributed by atoms with Gasteiger partial charge in [0.1, 0.15) is 12.1 Å². The highest BCUT2D eigenvalue weighted by Crippen LogP contribution is 2.32. The van der Waals surface area contributed by atoms with Crippen LogP contribution in [0.3, 0.4) is 0 Å². The Balaban J connectivity index is 0. The fourth-order valence-electron chi connectivity index (χ4n) is 5.84. The molecule has 4 unspecified atom stereocenters. The summed E-state index contributed by atoms with van der Waals surface area (Å²) in [6.07, 6.45) is 13.5. The number of nitrogens with one attached hydrogen (secondary N) is 4. The lowest BCUT2D eigenvalue weighted by atomic mass is 9.88. The van der Waals surface area contributed by atoms with Crippen LogP contribution in [0.5, 0.6) is 0 Å². The van der Waals surface area contributed by atoms with Gasteiger partial charge >= 0.3 is 6.09 Å². The molecule has 2 fully saturated rings. The Bertz CT molecular complexity index is 1230. The standard InChI is InChI=1S/C33H55N5O7.C5H10.C3H9N.C2H6/c1-10-12-13-14-15-23(9)25(11-2)36-27(40)19-35-30(41)26(39)18-34-31(42)29-24(20(3)4)16-17-38(29)32(43)28(21(5)6)37-33(44)45-22(7)8;1-5-3-2-4-5;1-4(2)3;1-2/h12-15,20-25,28-29H,10-11,16-19H2,1-9H3,(H,34,42)(H,35,41)(H,36,40)(H,37,44);5H,2-4H2,1H3;1-3H3;1-2H3/b13-12-,15-14-;;;/t23?,24-,25?,28?,29?;;;/m1.../s1. The van der Waals surface area contributed by atoms with E-state index in [1.165, 1.54) is 24.2 Å². The van der Waals surface area contributed by atoms with Crippen molar-refractivity contribution in [1.82, 2.24) is 31.1 Å². The van der Waals surface area contributed by atoms with Crippen LogP contribution in [0.2, 0.25) is 0 Å². The third kappa shape index (κ3) is 22.7. The molecule has 1 aliphatic heterocycles. The van der Waals surface area contributed by atoms with Gasteiger partial charge in [0.25, 0.3) is 5.91 Å². The Kier molecular flexibility index (Phi) is 29.5. The van der Waals surface area contributed by atoms with Crippen LogP contribution in [0.15, 0.2) is 24.3 Å². The molecule has 13 heteroatoms. The van der Waals surface area contributed by atoms with Gasteiger partial charge in [0, 0.05) is 12.6 Å². The van der Waals surface area contributed by atoms with E-state index in [2.05, 4.69) is 28.2 Å². The van der Waals surface area contributed by atoms with E-state index in [1.54, 1.807) is 27.7 Å². The number of nitrogens with zero attached hydrogens (tertiary/aromatic N) is 2. The van der Waals surface area contributed by atoms with Crippen molar-refractivity contribution >= 4 is 35.5 Å². The van der Waals surface area contributed by atoms with Gasteiger partial charge in [-0.15, -0.1) is 0 Å². The lowest BCUT2D eigenvalue weighted by molar-refractivity contribution is -0.143. The number of amides is 5. The zero-order valence-corrected chi connectivity index (χ0v) is 37.6. The number of rotatable bonds is 17. The normalized spacial score (nSPS) is 18.1. The van der Waals surface area contributed by atoms with Crippen molar-refractivity contribution in [3.8, 4) is 0 Å². The van der Waals surface area contributed by atoms with Crippen LogP contribution in [0, 0.1) is 29.6 Å². The van der Waals surface area contributed by atoms with Gasteiger partial charge in [-0.1, -0.05) is 113 Å². The first-order valence-corrected chi connectivity index (χ1v) is 20.9. The predicted molar refractivity (Wildman–Crippen MR) is 227 cm³/mol. The summed E-state index contributed by atoms with van der Waals surface area (Å²) < 4.78 is 5.15. The monoisotopic (exact) mass is 793 g/mol. The van der Waals surface area contributed by atoms with E-state index in [1.807, 2.05) is 98.8 Å². The molecule has 324 valence electrons. The molecule has 1 heterocycles. The van der Waals surface area contributed by atoms with Crippen molar-refractivity contribution in [3.63, 3.8) is 0 Å². The second-order valence-corrected chi connectivity index (χ2v) is 15.9. The molecule has 0 aromatic rings. The smallest absolute Gasteiger partial charge is 0.408 e. The number of ketones is 1. The van der Waals surface area contributed by atoms with Gasteiger partial charge < -0.3 is 35.8 Å². The van der Waals surface area contributed by atoms with E-state index in [0.717, 1.165) is 12.3 Å². The molecule has 0 radical (unpaired) electrons. The molecular weight excluding hydrogens is 713 g/mol. The molecule has 0 bridgehead atoms. The molecule has 5 amide bonds. The highest BCUT2D eigenvalue weighted by atomic mass is 16.6. The second kappa shape index (κ2) is 30.4. The number of carbonyl (C=O) groups is 6. The largest absolute Gasteiger partial charge is 0.447 e. The minimum absolute atomic E-state index is 0.0467. The summed E-state index contributed by atoms with van der Waals surface area (Å²) in [5.41, 5.74) is 0. The van der Waals surface area contributed by atoms with Crippen LogP contribution in [-0.2, 0) is 28.7 Å². The van der Waals surface area contributed by atoms with E-state index in [4.69, 9.17) is 4.74 Å². The lowest BCUT2D eigenvalue weighted by Crippen LogP contribution is -2.57. The molecule has 1 aliphatic carbocycles. The van der Waals surface area contributed by atoms with Gasteiger partial charge in [0.15, 0.2) is 0 Å². The Labute approximate surface area is 339 Å². The molecule has 0 aromatic heterocycles. The van der Waals surface area contributed by atoms with E-state index in [-0.39, 0.29) is 42.4 Å². The molecule has 56 heavy (non-hydrogen) atoms. The number of hydrogen-bond acceptors (Lipinski definition) is 8. The van der Waals surface area contributed by atoms with Crippen LogP contribution in [0.4, 0.5) is 4.79 Å². The quantitative estimate of drug-likeness (QED) is 0.105. The van der Waals surface area contributed by atoms with E-state index >= 15 is 0 Å². The van der Waals surface area contributed by atoms with Gasteiger partial charge in [-0.2, -0.15) is 0 Å². The van der Waals surface area contributed by atoms with Crippen LogP contribution in [0.1, 0.15) is 122 Å². The summed E-state index contributed by atoms with van der Waals surface area (Å²) in [5, 5.41) is 10.3. The summed E-state index contributed by atoms with van der Waals surface area (Å²) in [4.78, 5) is 80.2. The van der Waals surface area contributed by atoms with Crippen LogP contribution >= 0.6 is 0 Å². The summed E-state index contributed by atoms with van der Waals surface area (Å²) in [5.74, 6) is -2.63. The number of carbonyl (C=O) groups excluding carboxylic acids is 6. The fraction of sp³-hybridized carbons (Fsp3) is 0.767. The average Bonchev–Trinajstić information content (AvgIpc) is 3.57. The molecule has 13 nitrogen and oxygen atoms in total. The van der Waals surface area contributed by atoms with Crippen molar-refractivity contribution in [1.29, 1.82) is 0 Å². The predicted octanol–water partition coefficient (Wildman–Crippen LogP) is 5.88. The topological polar surface area (TPSA) is 166 Å². The highest BCUT2D eigenvalue weighted by molar-refractivity contribution is 6.37. The molecule has 0 aromatic carbocycles. The molecular formula is C43H80N6O7. The molecule has 2 aliphatic rings. The van der Waals surface area contributed by atoms with Gasteiger partial charge in [-0.05, 0) is 83.8 Å². The lowest BCUT2D eigenvalue weighted by Gasteiger charge is -2.33. The second-order valence-electron chi connectivity index (χ2n) is 15.9. The summed E-state index contributed by atoms with van der Waals surface area (Å²) in [7, 11) is 6.00. The fourth-order valence-corrected chi connectivity index (χ4v) is 5.84. The Morgan fingerprint density at radius 3 is 1.86 bits per heavy atom. The van der Waals surface area contributed by atoms with Crippen molar-refractivity contribution in [2.45, 2.75) is 146 Å². The Morgan fingerprint density at radius 2 is 1.41 bits per heavy atom. The number of likely N-dealkylation sites (tertiary alicyclic amines) is 1. The van der Waals surface area contributed by atoms with E-state index in [0.29, 0.717) is 19.4 Å². The summed E-state index contributed by atoms with van der Waals surface area (Å²) in [6.45, 7) is 22.5. The minimum Gasteiger partial charge on any atom is -0.447 e. The molecule has 4 N–H and O–H groups in total. The maximum absolute atomic E-state index is 13.6.